The molecular formula is C53H58F2N10O6S. The summed E-state index contributed by atoms with van der Waals surface area (Å²) in [4.78, 5) is 83.6. The number of ether oxygens (including phenoxy) is 1. The number of nitrogens with one attached hydrogen (secondary N) is 1. The van der Waals surface area contributed by atoms with E-state index in [0.29, 0.717) is 56.3 Å². The molecule has 7 aliphatic rings. The van der Waals surface area contributed by atoms with Gasteiger partial charge in [0, 0.05) is 110 Å². The van der Waals surface area contributed by atoms with E-state index < -0.39 is 36.1 Å². The number of imide groups is 2. The standard InChI is InChI=1S/C53H58F2N10O6S/c1-30(66)62-20-12-42-40(28-62)50(59-65(42)34-13-21-71-22-14-34)63-15-2-3-33-23-37(38(49(54)55)25-44(33)63)45-26-41-48(72-45)47(57-29-56-41)32-10-16-60(17-11-32)27-31-8-18-61(19-9-31)35-4-5-36-39(24-35)53(70)64(52(36)69)43-6-7-46(67)58-51(43)68/h4-5,23-26,29,31-32,34,43,49H,2-3,6-22,27-28H2,1H3,(H,58,67,68). The molecular weight excluding hydrogens is 943 g/mol. The van der Waals surface area contributed by atoms with E-state index in [4.69, 9.17) is 14.8 Å². The van der Waals surface area contributed by atoms with Crippen molar-refractivity contribution in [3.05, 3.63) is 81.9 Å². The van der Waals surface area contributed by atoms with E-state index in [2.05, 4.69) is 29.7 Å². The highest BCUT2D eigenvalue weighted by atomic mass is 32.1. The van der Waals surface area contributed by atoms with Crippen LogP contribution in [0.5, 0.6) is 0 Å². The minimum atomic E-state index is -2.71. The second-order valence-electron chi connectivity index (χ2n) is 20.6. The number of anilines is 3. The number of carbonyl (C=O) groups is 5. The third-order valence-electron chi connectivity index (χ3n) is 16.4. The van der Waals surface area contributed by atoms with Gasteiger partial charge in [0.05, 0.1) is 39.6 Å². The molecule has 4 saturated heterocycles. The van der Waals surface area contributed by atoms with Crippen LogP contribution in [0.25, 0.3) is 20.7 Å². The molecule has 7 aliphatic heterocycles. The molecule has 3 aromatic heterocycles. The molecule has 376 valence electrons. The Morgan fingerprint density at radius 3 is 2.40 bits per heavy atom. The van der Waals surface area contributed by atoms with Crippen molar-refractivity contribution in [1.29, 1.82) is 0 Å². The summed E-state index contributed by atoms with van der Waals surface area (Å²) < 4.78 is 39.6. The van der Waals surface area contributed by atoms with Crippen molar-refractivity contribution in [2.75, 3.05) is 68.8 Å². The Hall–Kier alpha value is -6.18. The Morgan fingerprint density at radius 2 is 1.64 bits per heavy atom. The van der Waals surface area contributed by atoms with Gasteiger partial charge in [0.1, 0.15) is 12.4 Å². The van der Waals surface area contributed by atoms with Gasteiger partial charge < -0.3 is 24.3 Å². The summed E-state index contributed by atoms with van der Waals surface area (Å²) in [6, 6.07) is 10.2. The number of carbonyl (C=O) groups excluding carboxylic acids is 5. The van der Waals surface area contributed by atoms with Crippen molar-refractivity contribution in [1.82, 2.24) is 39.8 Å². The first kappa shape index (κ1) is 46.9. The first-order valence-electron chi connectivity index (χ1n) is 25.7. The zero-order valence-electron chi connectivity index (χ0n) is 40.4. The lowest BCUT2D eigenvalue weighted by Crippen LogP contribution is -2.54. The molecule has 0 saturated carbocycles. The van der Waals surface area contributed by atoms with Gasteiger partial charge >= 0.3 is 0 Å². The Labute approximate surface area is 419 Å². The van der Waals surface area contributed by atoms with Crippen LogP contribution in [0, 0.1) is 5.92 Å². The summed E-state index contributed by atoms with van der Waals surface area (Å²) in [5.41, 5.74) is 7.67. The van der Waals surface area contributed by atoms with Crippen LogP contribution in [0.1, 0.15) is 132 Å². The van der Waals surface area contributed by atoms with Crippen molar-refractivity contribution in [3.8, 4) is 10.4 Å². The molecule has 5 amide bonds. The van der Waals surface area contributed by atoms with Crippen molar-refractivity contribution in [2.24, 2.45) is 5.92 Å². The number of thiophene rings is 1. The average molecular weight is 1000 g/mol. The van der Waals surface area contributed by atoms with Gasteiger partial charge in [0.25, 0.3) is 18.2 Å². The third kappa shape index (κ3) is 8.43. The minimum absolute atomic E-state index is 0.0128. The molecule has 2 aromatic carbocycles. The number of rotatable bonds is 9. The molecule has 0 aliphatic carbocycles. The van der Waals surface area contributed by atoms with Crippen LogP contribution >= 0.6 is 11.3 Å². The lowest BCUT2D eigenvalue weighted by atomic mass is 9.90. The number of benzene rings is 2. The fraction of sp³-hybridized carbons (Fsp3) is 0.509. The van der Waals surface area contributed by atoms with Gasteiger partial charge in [-0.05, 0) is 119 Å². The number of nitrogens with zero attached hydrogens (tertiary/aromatic N) is 9. The SMILES string of the molecule is CC(=O)N1CCc2c(c(N3CCCc4cc(-c5cc6ncnc(C7CCN(CC8CCN(c9ccc%10c(c9)C(=O)N(C9CCC(=O)NC9=O)C%10=O)CC8)CC7)c6s5)c(C(F)F)cc43)nn2C2CCOCC2)C1. The second-order valence-corrected chi connectivity index (χ2v) is 21.7. The minimum Gasteiger partial charge on any atom is -0.381 e. The highest BCUT2D eigenvalue weighted by Crippen LogP contribution is 2.47. The molecule has 1 unspecified atom stereocenters. The van der Waals surface area contributed by atoms with E-state index in [1.807, 2.05) is 23.1 Å². The molecule has 1 N–H and O–H groups in total. The number of amides is 5. The molecule has 1 atom stereocenters. The van der Waals surface area contributed by atoms with Crippen LogP contribution in [-0.4, -0.2) is 129 Å². The van der Waals surface area contributed by atoms with Gasteiger partial charge in [0.2, 0.25) is 17.7 Å². The Morgan fingerprint density at radius 1 is 0.847 bits per heavy atom. The third-order valence-corrected chi connectivity index (χ3v) is 17.6. The monoisotopic (exact) mass is 1000 g/mol. The van der Waals surface area contributed by atoms with Gasteiger partial charge in [-0.3, -0.25) is 38.9 Å². The fourth-order valence-electron chi connectivity index (χ4n) is 12.5. The van der Waals surface area contributed by atoms with Crippen molar-refractivity contribution < 1.29 is 37.5 Å². The lowest BCUT2D eigenvalue weighted by Gasteiger charge is -2.38. The number of hydrogen-bond donors (Lipinski definition) is 1. The summed E-state index contributed by atoms with van der Waals surface area (Å²) >= 11 is 1.51. The zero-order chi connectivity index (χ0) is 49.4. The average Bonchev–Trinajstić information content (AvgIpc) is 4.08. The summed E-state index contributed by atoms with van der Waals surface area (Å²) in [7, 11) is 0. The predicted molar refractivity (Wildman–Crippen MR) is 266 cm³/mol. The number of piperidine rings is 3. The van der Waals surface area contributed by atoms with E-state index in [0.717, 1.165) is 144 Å². The van der Waals surface area contributed by atoms with Gasteiger partial charge in [-0.15, -0.1) is 11.3 Å². The van der Waals surface area contributed by atoms with Gasteiger partial charge in [-0.2, -0.15) is 5.10 Å². The maximum absolute atomic E-state index is 15.4. The second kappa shape index (κ2) is 19.0. The summed E-state index contributed by atoms with van der Waals surface area (Å²) in [6.07, 6.45) is 6.97. The summed E-state index contributed by atoms with van der Waals surface area (Å²) in [6.45, 7) is 9.16. The van der Waals surface area contributed by atoms with Crippen LogP contribution in [0.2, 0.25) is 0 Å². The van der Waals surface area contributed by atoms with Crippen molar-refractivity contribution >= 4 is 68.3 Å². The Bertz CT molecular complexity index is 3010. The molecule has 5 aromatic rings. The first-order chi connectivity index (χ1) is 35.0. The normalized spacial score (nSPS) is 21.8. The van der Waals surface area contributed by atoms with Crippen LogP contribution in [0.3, 0.4) is 0 Å². The number of aryl methyl sites for hydroxylation is 1. The molecule has 0 bridgehead atoms. The first-order valence-corrected chi connectivity index (χ1v) is 26.5. The molecule has 4 fully saturated rings. The maximum Gasteiger partial charge on any atom is 0.264 e. The largest absolute Gasteiger partial charge is 0.381 e. The topological polar surface area (TPSA) is 166 Å². The van der Waals surface area contributed by atoms with E-state index in [1.165, 1.54) is 11.3 Å². The number of halogens is 2. The fourth-order valence-corrected chi connectivity index (χ4v) is 13.7. The van der Waals surface area contributed by atoms with Crippen LogP contribution in [-0.2, 0) is 38.5 Å². The summed E-state index contributed by atoms with van der Waals surface area (Å²) in [5, 5.41) is 7.51. The molecule has 19 heteroatoms. The molecule has 0 radical (unpaired) electrons. The predicted octanol–water partition coefficient (Wildman–Crippen LogP) is 7.33. The Kier molecular flexibility index (Phi) is 12.4. The van der Waals surface area contributed by atoms with Gasteiger partial charge in [-0.25, -0.2) is 18.7 Å². The quantitative estimate of drug-likeness (QED) is 0.146. The molecule has 0 spiro atoms. The van der Waals surface area contributed by atoms with Gasteiger partial charge in [0.15, 0.2) is 5.82 Å². The smallest absolute Gasteiger partial charge is 0.264 e. The van der Waals surface area contributed by atoms with Crippen LogP contribution < -0.4 is 15.1 Å². The van der Waals surface area contributed by atoms with E-state index in [1.54, 1.807) is 31.5 Å². The Balaban J connectivity index is 0.715. The van der Waals surface area contributed by atoms with E-state index in [-0.39, 0.29) is 41.8 Å². The number of fused-ring (bicyclic) bond motifs is 4. The van der Waals surface area contributed by atoms with Gasteiger partial charge in [-0.1, -0.05) is 0 Å². The van der Waals surface area contributed by atoms with Crippen molar-refractivity contribution in [2.45, 2.75) is 109 Å². The maximum atomic E-state index is 15.4. The summed E-state index contributed by atoms with van der Waals surface area (Å²) in [5.74, 6) is -0.503. The molecule has 10 heterocycles. The number of aromatic nitrogens is 4. The number of alkyl halides is 2. The van der Waals surface area contributed by atoms with E-state index in [9.17, 15) is 24.0 Å². The number of likely N-dealkylation sites (tertiary alicyclic amines) is 1. The lowest BCUT2D eigenvalue weighted by molar-refractivity contribution is -0.136. The zero-order valence-corrected chi connectivity index (χ0v) is 41.2. The van der Waals surface area contributed by atoms with Crippen LogP contribution in [0.4, 0.5) is 26.0 Å². The highest BCUT2D eigenvalue weighted by Gasteiger charge is 2.45. The van der Waals surface area contributed by atoms with Crippen LogP contribution in [0.15, 0.2) is 42.7 Å². The van der Waals surface area contributed by atoms with E-state index >= 15 is 8.78 Å². The molecule has 72 heavy (non-hydrogen) atoms. The number of hydrogen-bond acceptors (Lipinski definition) is 13. The molecule has 16 nitrogen and oxygen atoms in total. The highest BCUT2D eigenvalue weighted by molar-refractivity contribution is 7.22. The molecule has 12 rings (SSSR count). The van der Waals surface area contributed by atoms with Crippen molar-refractivity contribution in [3.63, 3.8) is 0 Å².